The quantitative estimate of drug-likeness (QED) is 0.673. The van der Waals surface area contributed by atoms with Crippen molar-refractivity contribution in [2.24, 2.45) is 5.10 Å². The van der Waals surface area contributed by atoms with Crippen LogP contribution < -0.4 is 10.2 Å². The van der Waals surface area contributed by atoms with Crippen LogP contribution in [0.4, 0.5) is 0 Å². The molecule has 0 aliphatic carbocycles. The Hall–Kier alpha value is -2.82. The Labute approximate surface area is 129 Å². The molecule has 5 heteroatoms. The van der Waals surface area contributed by atoms with Gasteiger partial charge in [0.2, 0.25) is 0 Å². The number of rotatable bonds is 4. The van der Waals surface area contributed by atoms with Crippen LogP contribution in [0.15, 0.2) is 41.5 Å². The molecular formula is C17H18N2O3. The van der Waals surface area contributed by atoms with E-state index in [1.807, 2.05) is 13.8 Å². The molecule has 0 heterocycles. The van der Waals surface area contributed by atoms with E-state index in [9.17, 15) is 9.90 Å². The van der Waals surface area contributed by atoms with Crippen molar-refractivity contribution in [3.63, 3.8) is 0 Å². The number of aryl methyl sites for hydroxylation is 2. The number of aromatic hydroxyl groups is 1. The molecule has 0 fully saturated rings. The van der Waals surface area contributed by atoms with Crippen LogP contribution in [-0.4, -0.2) is 24.3 Å². The second-order valence-electron chi connectivity index (χ2n) is 4.90. The lowest BCUT2D eigenvalue weighted by molar-refractivity contribution is 0.0952. The summed E-state index contributed by atoms with van der Waals surface area (Å²) in [5.41, 5.74) is 5.20. The van der Waals surface area contributed by atoms with E-state index in [4.69, 9.17) is 4.74 Å². The van der Waals surface area contributed by atoms with E-state index >= 15 is 0 Å². The van der Waals surface area contributed by atoms with E-state index in [-0.39, 0.29) is 11.7 Å². The third kappa shape index (κ3) is 3.44. The van der Waals surface area contributed by atoms with Gasteiger partial charge in [-0.05, 0) is 54.8 Å². The first-order valence-corrected chi connectivity index (χ1v) is 6.79. The first kappa shape index (κ1) is 15.6. The summed E-state index contributed by atoms with van der Waals surface area (Å²) >= 11 is 0. The van der Waals surface area contributed by atoms with Crippen LogP contribution >= 0.6 is 0 Å². The summed E-state index contributed by atoms with van der Waals surface area (Å²) in [6.45, 7) is 3.63. The number of nitrogens with one attached hydrogen (secondary N) is 1. The van der Waals surface area contributed by atoms with Gasteiger partial charge in [-0.25, -0.2) is 5.43 Å². The van der Waals surface area contributed by atoms with Crippen molar-refractivity contribution < 1.29 is 14.6 Å². The number of methoxy groups -OCH3 is 1. The van der Waals surface area contributed by atoms with Gasteiger partial charge in [-0.1, -0.05) is 12.1 Å². The molecule has 114 valence electrons. The summed E-state index contributed by atoms with van der Waals surface area (Å²) in [5, 5.41) is 13.7. The molecule has 0 atom stereocenters. The number of hydrazone groups is 1. The molecule has 0 spiro atoms. The van der Waals surface area contributed by atoms with Gasteiger partial charge >= 0.3 is 0 Å². The average Bonchev–Trinajstić information content (AvgIpc) is 2.52. The van der Waals surface area contributed by atoms with Gasteiger partial charge in [0.1, 0.15) is 11.5 Å². The largest absolute Gasteiger partial charge is 0.507 e. The fourth-order valence-electron chi connectivity index (χ4n) is 2.12. The van der Waals surface area contributed by atoms with Crippen LogP contribution in [0.3, 0.4) is 0 Å². The third-order valence-electron chi connectivity index (χ3n) is 3.24. The molecular weight excluding hydrogens is 280 g/mol. The van der Waals surface area contributed by atoms with Crippen LogP contribution in [0, 0.1) is 13.8 Å². The average molecular weight is 298 g/mol. The highest BCUT2D eigenvalue weighted by atomic mass is 16.5. The van der Waals surface area contributed by atoms with E-state index in [1.54, 1.807) is 36.4 Å². The number of carbonyl (C=O) groups excluding carboxylic acids is 1. The van der Waals surface area contributed by atoms with Gasteiger partial charge in [-0.15, -0.1) is 0 Å². The number of para-hydroxylation sites is 1. The number of hydrogen-bond acceptors (Lipinski definition) is 4. The van der Waals surface area contributed by atoms with E-state index in [0.717, 1.165) is 16.7 Å². The van der Waals surface area contributed by atoms with E-state index in [2.05, 4.69) is 10.5 Å². The smallest absolute Gasteiger partial charge is 0.275 e. The predicted molar refractivity (Wildman–Crippen MR) is 85.6 cm³/mol. The topological polar surface area (TPSA) is 70.9 Å². The minimum absolute atomic E-state index is 0.273. The molecule has 0 aliphatic rings. The minimum atomic E-state index is -0.346. The van der Waals surface area contributed by atoms with Crippen LogP contribution in [0.25, 0.3) is 0 Å². The molecule has 2 N–H and O–H groups in total. The van der Waals surface area contributed by atoms with Crippen molar-refractivity contribution in [3.05, 3.63) is 58.7 Å². The number of nitrogens with zero attached hydrogens (tertiary/aromatic N) is 1. The molecule has 0 aliphatic heterocycles. The zero-order chi connectivity index (χ0) is 16.1. The highest BCUT2D eigenvalue weighted by Gasteiger charge is 2.10. The van der Waals surface area contributed by atoms with Gasteiger partial charge in [0, 0.05) is 0 Å². The summed E-state index contributed by atoms with van der Waals surface area (Å²) in [6, 6.07) is 10.5. The summed E-state index contributed by atoms with van der Waals surface area (Å²) in [7, 11) is 1.51. The zero-order valence-electron chi connectivity index (χ0n) is 12.8. The van der Waals surface area contributed by atoms with Gasteiger partial charge in [0.15, 0.2) is 0 Å². The fourth-order valence-corrected chi connectivity index (χ4v) is 2.12. The molecule has 0 saturated heterocycles. The predicted octanol–water partition coefficient (Wildman–Crippen LogP) is 2.78. The maximum atomic E-state index is 12.1. The lowest BCUT2D eigenvalue weighted by atomic mass is 10.1. The van der Waals surface area contributed by atoms with Crippen LogP contribution in [0.5, 0.6) is 11.5 Å². The van der Waals surface area contributed by atoms with Crippen molar-refractivity contribution in [1.82, 2.24) is 5.43 Å². The Balaban J connectivity index is 2.11. The summed E-state index contributed by atoms with van der Waals surface area (Å²) in [4.78, 5) is 12.1. The maximum absolute atomic E-state index is 12.1. The summed E-state index contributed by atoms with van der Waals surface area (Å²) < 4.78 is 5.14. The Kier molecular flexibility index (Phi) is 4.78. The van der Waals surface area contributed by atoms with Crippen molar-refractivity contribution in [3.8, 4) is 11.5 Å². The lowest BCUT2D eigenvalue weighted by Crippen LogP contribution is -2.18. The second-order valence-corrected chi connectivity index (χ2v) is 4.90. The number of phenols is 1. The van der Waals surface area contributed by atoms with Gasteiger partial charge in [0.05, 0.1) is 18.9 Å². The fraction of sp³-hybridized carbons (Fsp3) is 0.176. The lowest BCUT2D eigenvalue weighted by Gasteiger charge is -2.06. The molecule has 5 nitrogen and oxygen atoms in total. The highest BCUT2D eigenvalue weighted by Crippen LogP contribution is 2.22. The minimum Gasteiger partial charge on any atom is -0.507 e. The first-order valence-electron chi connectivity index (χ1n) is 6.79. The highest BCUT2D eigenvalue weighted by molar-refractivity contribution is 5.97. The number of carbonyl (C=O) groups is 1. The molecule has 0 saturated carbocycles. The van der Waals surface area contributed by atoms with Crippen LogP contribution in [-0.2, 0) is 0 Å². The van der Waals surface area contributed by atoms with Crippen molar-refractivity contribution in [2.45, 2.75) is 13.8 Å². The standard InChI is InChI=1S/C17H18N2O3/c1-11-8-13(9-12(2)16(11)20)10-18-19-17(21)14-6-4-5-7-15(14)22-3/h4-10,20H,1-3H3,(H,19,21)/b18-10+. The molecule has 2 rings (SSSR count). The van der Waals surface area contributed by atoms with Gasteiger partial charge in [-0.2, -0.15) is 5.10 Å². The van der Waals surface area contributed by atoms with E-state index in [0.29, 0.717) is 11.3 Å². The van der Waals surface area contributed by atoms with Crippen molar-refractivity contribution >= 4 is 12.1 Å². The van der Waals surface area contributed by atoms with Crippen LogP contribution in [0.2, 0.25) is 0 Å². The maximum Gasteiger partial charge on any atom is 0.275 e. The third-order valence-corrected chi connectivity index (χ3v) is 3.24. The van der Waals surface area contributed by atoms with E-state index < -0.39 is 0 Å². The molecule has 2 aromatic rings. The number of amides is 1. The Morgan fingerprint density at radius 2 is 1.86 bits per heavy atom. The molecule has 0 unspecified atom stereocenters. The number of ether oxygens (including phenoxy) is 1. The SMILES string of the molecule is COc1ccccc1C(=O)N/N=C/c1cc(C)c(O)c(C)c1. The first-order chi connectivity index (χ1) is 10.5. The second kappa shape index (κ2) is 6.76. The van der Waals surface area contributed by atoms with Crippen molar-refractivity contribution in [1.29, 1.82) is 0 Å². The Bertz CT molecular complexity index is 701. The number of hydrogen-bond donors (Lipinski definition) is 2. The summed E-state index contributed by atoms with van der Waals surface area (Å²) in [6.07, 6.45) is 1.53. The number of benzene rings is 2. The molecule has 0 radical (unpaired) electrons. The molecule has 1 amide bonds. The van der Waals surface area contributed by atoms with Crippen molar-refractivity contribution in [2.75, 3.05) is 7.11 Å². The molecule has 2 aromatic carbocycles. The molecule has 22 heavy (non-hydrogen) atoms. The summed E-state index contributed by atoms with van der Waals surface area (Å²) in [5.74, 6) is 0.419. The Morgan fingerprint density at radius 3 is 2.50 bits per heavy atom. The Morgan fingerprint density at radius 1 is 1.23 bits per heavy atom. The molecule has 0 bridgehead atoms. The van der Waals surface area contributed by atoms with Crippen LogP contribution in [0.1, 0.15) is 27.0 Å². The van der Waals surface area contributed by atoms with Gasteiger partial charge < -0.3 is 9.84 Å². The monoisotopic (exact) mass is 298 g/mol. The number of phenolic OH excluding ortho intramolecular Hbond substituents is 1. The normalized spacial score (nSPS) is 10.7. The molecule has 0 aromatic heterocycles. The van der Waals surface area contributed by atoms with E-state index in [1.165, 1.54) is 13.3 Å². The van der Waals surface area contributed by atoms with Gasteiger partial charge in [-0.3, -0.25) is 4.79 Å². The van der Waals surface area contributed by atoms with Gasteiger partial charge in [0.25, 0.3) is 5.91 Å². The zero-order valence-corrected chi connectivity index (χ0v) is 12.8.